The number of anilines is 1. The molecular formula is C11H11ClN2O. The van der Waals surface area contributed by atoms with E-state index in [0.29, 0.717) is 11.4 Å². The maximum Gasteiger partial charge on any atom is 0.143 e. The number of halogens is 1. The van der Waals surface area contributed by atoms with Gasteiger partial charge in [0.25, 0.3) is 0 Å². The summed E-state index contributed by atoms with van der Waals surface area (Å²) in [5.41, 5.74) is 0.893. The van der Waals surface area contributed by atoms with Crippen molar-refractivity contribution >= 4 is 17.3 Å². The van der Waals surface area contributed by atoms with Crippen LogP contribution in [0.1, 0.15) is 13.3 Å². The van der Waals surface area contributed by atoms with E-state index < -0.39 is 0 Å². The van der Waals surface area contributed by atoms with Gasteiger partial charge in [-0.25, -0.2) is 0 Å². The molecule has 2 unspecified atom stereocenters. The van der Waals surface area contributed by atoms with Crippen molar-refractivity contribution in [2.75, 3.05) is 5.32 Å². The van der Waals surface area contributed by atoms with E-state index in [2.05, 4.69) is 11.4 Å². The van der Waals surface area contributed by atoms with Crippen molar-refractivity contribution in [1.82, 2.24) is 0 Å². The minimum absolute atomic E-state index is 0.0938. The summed E-state index contributed by atoms with van der Waals surface area (Å²) in [6, 6.07) is 7.67. The Morgan fingerprint density at radius 2 is 2.40 bits per heavy atom. The molecule has 3 nitrogen and oxygen atoms in total. The predicted molar refractivity (Wildman–Crippen MR) is 59.2 cm³/mol. The molecule has 4 heteroatoms. The number of hydrogen-bond donors (Lipinski definition) is 1. The van der Waals surface area contributed by atoms with Gasteiger partial charge in [0.1, 0.15) is 11.9 Å². The minimum atomic E-state index is -0.0938. The lowest BCUT2D eigenvalue weighted by molar-refractivity contribution is 0.179. The maximum atomic E-state index is 8.65. The molecule has 0 saturated heterocycles. The number of nitrogens with zero attached hydrogens (tertiary/aromatic N) is 1. The monoisotopic (exact) mass is 222 g/mol. The largest absolute Gasteiger partial charge is 0.485 e. The molecule has 0 saturated carbocycles. The van der Waals surface area contributed by atoms with Gasteiger partial charge in [-0.05, 0) is 25.1 Å². The number of benzene rings is 1. The molecule has 0 fully saturated rings. The van der Waals surface area contributed by atoms with Gasteiger partial charge in [-0.2, -0.15) is 5.26 Å². The number of rotatable bonds is 1. The van der Waals surface area contributed by atoms with Crippen molar-refractivity contribution < 1.29 is 4.74 Å². The summed E-state index contributed by atoms with van der Waals surface area (Å²) >= 11 is 5.87. The van der Waals surface area contributed by atoms with E-state index in [1.165, 1.54) is 0 Å². The topological polar surface area (TPSA) is 45.0 Å². The Morgan fingerprint density at radius 1 is 1.60 bits per heavy atom. The van der Waals surface area contributed by atoms with Crippen LogP contribution in [0.3, 0.4) is 0 Å². The molecule has 1 heterocycles. The Bertz CT molecular complexity index is 414. The summed E-state index contributed by atoms with van der Waals surface area (Å²) in [4.78, 5) is 0. The lowest BCUT2D eigenvalue weighted by atomic mass is 10.1. The number of ether oxygens (including phenoxy) is 1. The highest BCUT2D eigenvalue weighted by Gasteiger charge is 2.25. The first-order valence-electron chi connectivity index (χ1n) is 4.80. The van der Waals surface area contributed by atoms with E-state index in [-0.39, 0.29) is 12.1 Å². The van der Waals surface area contributed by atoms with E-state index >= 15 is 0 Å². The number of nitrogens with one attached hydrogen (secondary N) is 1. The van der Waals surface area contributed by atoms with Crippen LogP contribution in [-0.2, 0) is 0 Å². The van der Waals surface area contributed by atoms with E-state index in [4.69, 9.17) is 21.6 Å². The fourth-order valence-corrected chi connectivity index (χ4v) is 1.80. The molecule has 78 valence electrons. The van der Waals surface area contributed by atoms with Crippen molar-refractivity contribution in [3.05, 3.63) is 23.2 Å². The maximum absolute atomic E-state index is 8.65. The molecule has 1 aromatic carbocycles. The summed E-state index contributed by atoms with van der Waals surface area (Å²) in [5.74, 6) is 0.762. The zero-order valence-electron chi connectivity index (χ0n) is 8.33. The van der Waals surface area contributed by atoms with Gasteiger partial charge < -0.3 is 10.1 Å². The Kier molecular flexibility index (Phi) is 2.70. The first-order chi connectivity index (χ1) is 7.20. The smallest absolute Gasteiger partial charge is 0.143 e. The van der Waals surface area contributed by atoms with Gasteiger partial charge in [-0.1, -0.05) is 11.6 Å². The number of hydrogen-bond acceptors (Lipinski definition) is 3. The molecule has 1 aromatic rings. The Morgan fingerprint density at radius 3 is 3.13 bits per heavy atom. The van der Waals surface area contributed by atoms with Crippen LogP contribution in [0.5, 0.6) is 5.75 Å². The van der Waals surface area contributed by atoms with Crippen LogP contribution in [-0.4, -0.2) is 12.1 Å². The van der Waals surface area contributed by atoms with E-state index in [1.54, 1.807) is 6.07 Å². The molecule has 2 atom stereocenters. The van der Waals surface area contributed by atoms with Crippen molar-refractivity contribution in [3.8, 4) is 11.8 Å². The Hall–Kier alpha value is -1.40. The lowest BCUT2D eigenvalue weighted by Gasteiger charge is -2.31. The molecule has 1 aliphatic heterocycles. The van der Waals surface area contributed by atoms with Crippen molar-refractivity contribution in [1.29, 1.82) is 5.26 Å². The lowest BCUT2D eigenvalue weighted by Crippen LogP contribution is -2.38. The van der Waals surface area contributed by atoms with Gasteiger partial charge in [-0.3, -0.25) is 0 Å². The predicted octanol–water partition coefficient (Wildman–Crippen LogP) is 2.82. The molecular weight excluding hydrogens is 212 g/mol. The average Bonchev–Trinajstić information content (AvgIpc) is 2.20. The third kappa shape index (κ3) is 2.00. The van der Waals surface area contributed by atoms with Gasteiger partial charge in [0.2, 0.25) is 0 Å². The van der Waals surface area contributed by atoms with Gasteiger partial charge in [-0.15, -0.1) is 0 Å². The van der Waals surface area contributed by atoms with Crippen LogP contribution in [0.15, 0.2) is 18.2 Å². The second-order valence-corrected chi connectivity index (χ2v) is 4.03. The molecule has 0 bridgehead atoms. The molecule has 0 spiro atoms. The third-order valence-electron chi connectivity index (χ3n) is 2.45. The van der Waals surface area contributed by atoms with Crippen LogP contribution in [0, 0.1) is 11.3 Å². The second-order valence-electron chi connectivity index (χ2n) is 3.59. The van der Waals surface area contributed by atoms with Crippen LogP contribution < -0.4 is 10.1 Å². The molecule has 0 aromatic heterocycles. The third-order valence-corrected chi connectivity index (χ3v) is 2.69. The molecule has 1 N–H and O–H groups in total. The summed E-state index contributed by atoms with van der Waals surface area (Å²) in [7, 11) is 0. The molecule has 0 amide bonds. The van der Waals surface area contributed by atoms with Crippen LogP contribution in [0.25, 0.3) is 0 Å². The van der Waals surface area contributed by atoms with Gasteiger partial charge in [0, 0.05) is 5.02 Å². The standard InChI is InChI=1S/C11H11ClN2O/c1-7-10(4-5-13)15-11-3-2-8(12)6-9(11)14-7/h2-3,6-7,10,14H,4H2,1H3. The molecule has 1 aliphatic rings. The first kappa shape index (κ1) is 10.1. The van der Waals surface area contributed by atoms with Crippen LogP contribution in [0.4, 0.5) is 5.69 Å². The van der Waals surface area contributed by atoms with Gasteiger partial charge in [0.05, 0.1) is 24.2 Å². The fourth-order valence-electron chi connectivity index (χ4n) is 1.63. The van der Waals surface area contributed by atoms with Crippen molar-refractivity contribution in [2.24, 2.45) is 0 Å². The summed E-state index contributed by atoms with van der Waals surface area (Å²) in [6.07, 6.45) is 0.291. The zero-order chi connectivity index (χ0) is 10.8. The number of nitriles is 1. The highest BCUT2D eigenvalue weighted by molar-refractivity contribution is 6.30. The fraction of sp³-hybridized carbons (Fsp3) is 0.364. The molecule has 15 heavy (non-hydrogen) atoms. The molecule has 2 rings (SSSR count). The van der Waals surface area contributed by atoms with Crippen molar-refractivity contribution in [2.45, 2.75) is 25.5 Å². The summed E-state index contributed by atoms with van der Waals surface area (Å²) < 4.78 is 5.70. The normalized spacial score (nSPS) is 23.3. The molecule has 0 radical (unpaired) electrons. The first-order valence-corrected chi connectivity index (χ1v) is 5.18. The second kappa shape index (κ2) is 4.00. The summed E-state index contributed by atoms with van der Waals surface area (Å²) in [6.45, 7) is 1.99. The highest BCUT2D eigenvalue weighted by atomic mass is 35.5. The van der Waals surface area contributed by atoms with E-state index in [1.807, 2.05) is 19.1 Å². The Balaban J connectivity index is 2.26. The van der Waals surface area contributed by atoms with Crippen molar-refractivity contribution in [3.63, 3.8) is 0 Å². The minimum Gasteiger partial charge on any atom is -0.485 e. The van der Waals surface area contributed by atoms with Crippen LogP contribution >= 0.6 is 11.6 Å². The Labute approximate surface area is 93.6 Å². The number of fused-ring (bicyclic) bond motifs is 1. The van der Waals surface area contributed by atoms with Crippen LogP contribution in [0.2, 0.25) is 5.02 Å². The van der Waals surface area contributed by atoms with Gasteiger partial charge in [0.15, 0.2) is 0 Å². The average molecular weight is 223 g/mol. The molecule has 0 aliphatic carbocycles. The van der Waals surface area contributed by atoms with Gasteiger partial charge >= 0.3 is 0 Å². The highest BCUT2D eigenvalue weighted by Crippen LogP contribution is 2.34. The quantitative estimate of drug-likeness (QED) is 0.795. The van der Waals surface area contributed by atoms with E-state index in [9.17, 15) is 0 Å². The SMILES string of the molecule is CC1Nc2cc(Cl)ccc2OC1CC#N. The van der Waals surface area contributed by atoms with E-state index in [0.717, 1.165) is 11.4 Å². The summed E-state index contributed by atoms with van der Waals surface area (Å²) in [5, 5.41) is 12.6. The zero-order valence-corrected chi connectivity index (χ0v) is 9.08.